The number of aromatic nitrogens is 3. The average Bonchev–Trinajstić information content (AvgIpc) is 3.40. The first kappa shape index (κ1) is 22.8. The van der Waals surface area contributed by atoms with E-state index >= 15 is 0 Å². The summed E-state index contributed by atoms with van der Waals surface area (Å²) in [6, 6.07) is 0.893. The Kier molecular flexibility index (Phi) is 5.37. The van der Waals surface area contributed by atoms with E-state index in [9.17, 15) is 23.1 Å². The maximum Gasteiger partial charge on any atom is 0.417 e. The van der Waals surface area contributed by atoms with E-state index in [0.717, 1.165) is 50.2 Å². The minimum absolute atomic E-state index is 0.0732. The van der Waals surface area contributed by atoms with Gasteiger partial charge in [0.1, 0.15) is 6.33 Å². The maximum atomic E-state index is 13.6. The topological polar surface area (TPSA) is 82.5 Å². The second-order valence-corrected chi connectivity index (χ2v) is 10.5. The van der Waals surface area contributed by atoms with Crippen molar-refractivity contribution in [3.05, 3.63) is 53.4 Å². The number of rotatable bonds is 2. The number of aliphatic hydroxyl groups is 1. The molecule has 6 rings (SSSR count). The number of piperidine rings is 1. The van der Waals surface area contributed by atoms with Gasteiger partial charge in [-0.05, 0) is 68.3 Å². The van der Waals surface area contributed by atoms with Crippen LogP contribution in [0.25, 0.3) is 0 Å². The zero-order chi connectivity index (χ0) is 24.4. The number of hydrogen-bond acceptors (Lipinski definition) is 6. The fourth-order valence-corrected chi connectivity index (χ4v) is 6.85. The first-order valence-electron chi connectivity index (χ1n) is 12.3. The molecule has 1 saturated carbocycles. The predicted molar refractivity (Wildman–Crippen MR) is 119 cm³/mol. The van der Waals surface area contributed by atoms with E-state index < -0.39 is 29.3 Å². The molecule has 5 heterocycles. The van der Waals surface area contributed by atoms with Gasteiger partial charge >= 0.3 is 6.18 Å². The maximum absolute atomic E-state index is 13.6. The summed E-state index contributed by atoms with van der Waals surface area (Å²) in [5, 5.41) is 11.4. The smallest absolute Gasteiger partial charge is 0.390 e. The van der Waals surface area contributed by atoms with Crippen molar-refractivity contribution >= 4 is 5.91 Å². The fraction of sp³-hybridized carbons (Fsp3) is 0.600. The Hall–Kier alpha value is -2.59. The summed E-state index contributed by atoms with van der Waals surface area (Å²) < 4.78 is 39.5. The number of amides is 1. The van der Waals surface area contributed by atoms with Crippen LogP contribution in [-0.2, 0) is 23.9 Å². The average molecular weight is 488 g/mol. The highest BCUT2D eigenvalue weighted by Crippen LogP contribution is 2.52. The van der Waals surface area contributed by atoms with Crippen molar-refractivity contribution in [2.45, 2.75) is 75.4 Å². The summed E-state index contributed by atoms with van der Waals surface area (Å²) in [6.07, 6.45) is 5.18. The van der Waals surface area contributed by atoms with E-state index in [4.69, 9.17) is 0 Å². The predicted octanol–water partition coefficient (Wildman–Crippen LogP) is 2.94. The number of aliphatic hydroxyl groups excluding tert-OH is 1. The summed E-state index contributed by atoms with van der Waals surface area (Å²) in [4.78, 5) is 30.0. The number of carbonyl (C=O) groups excluding carboxylic acids is 1. The number of carbonyl (C=O) groups is 1. The second-order valence-electron chi connectivity index (χ2n) is 10.5. The Morgan fingerprint density at radius 1 is 1.09 bits per heavy atom. The van der Waals surface area contributed by atoms with E-state index in [1.165, 1.54) is 6.33 Å². The third-order valence-corrected chi connectivity index (χ3v) is 8.77. The standard InChI is InChI=1S/C25H28F3N5O2/c26-25(27,28)18-7-16-13-33-21(8-20(16)31-12-18)22(34)24(23(33)35)4-1-19(9-24)32-5-2-15(3-6-32)17-10-29-14-30-11-17/h7,10-12,14-15,19,21-22,34H,1-6,8-9,13H2/t19?,21?,22?,24-/m0/s1. The highest BCUT2D eigenvalue weighted by Gasteiger charge is 2.62. The zero-order valence-electron chi connectivity index (χ0n) is 19.3. The molecule has 1 amide bonds. The summed E-state index contributed by atoms with van der Waals surface area (Å²) in [7, 11) is 0. The van der Waals surface area contributed by atoms with Gasteiger partial charge in [0.25, 0.3) is 0 Å². The third-order valence-electron chi connectivity index (χ3n) is 8.77. The molecule has 2 saturated heterocycles. The van der Waals surface area contributed by atoms with Crippen LogP contribution in [0.3, 0.4) is 0 Å². The molecule has 0 bridgehead atoms. The number of hydrogen-bond donors (Lipinski definition) is 1. The zero-order valence-corrected chi connectivity index (χ0v) is 19.3. The van der Waals surface area contributed by atoms with Crippen LogP contribution in [-0.4, -0.2) is 67.0 Å². The van der Waals surface area contributed by atoms with Crippen molar-refractivity contribution in [1.29, 1.82) is 0 Å². The van der Waals surface area contributed by atoms with E-state index in [-0.39, 0.29) is 24.9 Å². The Morgan fingerprint density at radius 3 is 2.54 bits per heavy atom. The second kappa shape index (κ2) is 8.23. The number of alkyl halides is 3. The third kappa shape index (κ3) is 3.72. The first-order valence-corrected chi connectivity index (χ1v) is 12.3. The molecule has 4 aliphatic rings. The van der Waals surface area contributed by atoms with Crippen LogP contribution in [0.4, 0.5) is 13.2 Å². The lowest BCUT2D eigenvalue weighted by atomic mass is 9.79. The first-order chi connectivity index (χ1) is 16.8. The van der Waals surface area contributed by atoms with Gasteiger partial charge in [-0.2, -0.15) is 13.2 Å². The lowest BCUT2D eigenvalue weighted by Gasteiger charge is -2.37. The lowest BCUT2D eigenvalue weighted by molar-refractivity contribution is -0.138. The molecule has 2 aromatic heterocycles. The highest BCUT2D eigenvalue weighted by atomic mass is 19.4. The van der Waals surface area contributed by atoms with E-state index in [0.29, 0.717) is 30.0 Å². The number of fused-ring (bicyclic) bond motifs is 2. The van der Waals surface area contributed by atoms with Crippen LogP contribution in [0.2, 0.25) is 0 Å². The molecule has 3 fully saturated rings. The van der Waals surface area contributed by atoms with Gasteiger partial charge in [0.2, 0.25) is 5.91 Å². The van der Waals surface area contributed by atoms with Gasteiger partial charge in [-0.15, -0.1) is 0 Å². The molecule has 0 aromatic carbocycles. The number of pyridine rings is 1. The Labute approximate surface area is 201 Å². The van der Waals surface area contributed by atoms with Crippen molar-refractivity contribution in [3.8, 4) is 0 Å². The number of likely N-dealkylation sites (tertiary alicyclic amines) is 1. The van der Waals surface area contributed by atoms with E-state index in [2.05, 4.69) is 19.9 Å². The molecule has 2 aromatic rings. The van der Waals surface area contributed by atoms with Gasteiger partial charge in [-0.25, -0.2) is 9.97 Å². The van der Waals surface area contributed by atoms with Crippen LogP contribution in [0.1, 0.15) is 60.4 Å². The van der Waals surface area contributed by atoms with Crippen molar-refractivity contribution < 1.29 is 23.1 Å². The molecule has 1 aliphatic carbocycles. The molecule has 0 radical (unpaired) electrons. The molecule has 35 heavy (non-hydrogen) atoms. The Morgan fingerprint density at radius 2 is 1.83 bits per heavy atom. The van der Waals surface area contributed by atoms with E-state index in [1.807, 2.05) is 12.4 Å². The van der Waals surface area contributed by atoms with Crippen molar-refractivity contribution in [2.24, 2.45) is 5.41 Å². The lowest BCUT2D eigenvalue weighted by Crippen LogP contribution is -2.43. The van der Waals surface area contributed by atoms with Crippen molar-refractivity contribution in [2.75, 3.05) is 13.1 Å². The van der Waals surface area contributed by atoms with Crippen molar-refractivity contribution in [3.63, 3.8) is 0 Å². The quantitative estimate of drug-likeness (QED) is 0.702. The molecular weight excluding hydrogens is 459 g/mol. The van der Waals surface area contributed by atoms with Gasteiger partial charge < -0.3 is 14.9 Å². The minimum Gasteiger partial charge on any atom is -0.390 e. The normalized spacial score (nSPS) is 31.7. The molecular formula is C25H28F3N5O2. The van der Waals surface area contributed by atoms with Crippen LogP contribution < -0.4 is 0 Å². The molecule has 186 valence electrons. The molecule has 3 unspecified atom stereocenters. The molecule has 1 N–H and O–H groups in total. The largest absolute Gasteiger partial charge is 0.417 e. The molecule has 3 aliphatic heterocycles. The molecule has 10 heteroatoms. The van der Waals surface area contributed by atoms with Crippen LogP contribution in [0.15, 0.2) is 31.0 Å². The van der Waals surface area contributed by atoms with Crippen LogP contribution in [0.5, 0.6) is 0 Å². The monoisotopic (exact) mass is 487 g/mol. The van der Waals surface area contributed by atoms with Gasteiger partial charge in [0.05, 0.1) is 23.1 Å². The summed E-state index contributed by atoms with van der Waals surface area (Å²) >= 11 is 0. The number of nitrogens with zero attached hydrogens (tertiary/aromatic N) is 5. The highest BCUT2D eigenvalue weighted by molar-refractivity contribution is 5.87. The Bertz CT molecular complexity index is 1120. The van der Waals surface area contributed by atoms with Crippen molar-refractivity contribution in [1.82, 2.24) is 24.8 Å². The molecule has 4 atom stereocenters. The van der Waals surface area contributed by atoms with Gasteiger partial charge in [-0.1, -0.05) is 0 Å². The van der Waals surface area contributed by atoms with Gasteiger partial charge in [0, 0.05) is 43.3 Å². The fourth-order valence-electron chi connectivity index (χ4n) is 6.85. The van der Waals surface area contributed by atoms with Crippen LogP contribution >= 0.6 is 0 Å². The van der Waals surface area contributed by atoms with E-state index in [1.54, 1.807) is 4.90 Å². The van der Waals surface area contributed by atoms with Gasteiger partial charge in [0.15, 0.2) is 0 Å². The SMILES string of the molecule is O=C1N2Cc3cc(C(F)(F)F)cnc3CC2C(O)[C@@]12CCC(N1CCC(c3cncnc3)CC1)C2. The summed E-state index contributed by atoms with van der Waals surface area (Å²) in [6.45, 7) is 1.92. The van der Waals surface area contributed by atoms with Gasteiger partial charge in [-0.3, -0.25) is 9.78 Å². The van der Waals surface area contributed by atoms with Crippen LogP contribution in [0, 0.1) is 5.41 Å². The minimum atomic E-state index is -4.48. The summed E-state index contributed by atoms with van der Waals surface area (Å²) in [5.41, 5.74) is 0.479. The number of halogens is 3. The Balaban J connectivity index is 1.16. The molecule has 7 nitrogen and oxygen atoms in total. The summed E-state index contributed by atoms with van der Waals surface area (Å²) in [5.74, 6) is 0.319. The molecule has 1 spiro atoms.